The molecule has 1 atom stereocenters. The summed E-state index contributed by atoms with van der Waals surface area (Å²) in [6, 6.07) is 6.11. The Bertz CT molecular complexity index is 695. The van der Waals surface area contributed by atoms with Crippen LogP contribution < -0.4 is 0 Å². The first kappa shape index (κ1) is 29.9. The molecule has 1 aromatic rings. The molecule has 0 bridgehead atoms. The Hall–Kier alpha value is -2.10. The van der Waals surface area contributed by atoms with Crippen molar-refractivity contribution in [2.45, 2.75) is 117 Å². The highest BCUT2D eigenvalue weighted by atomic mass is 16.5. The van der Waals surface area contributed by atoms with Crippen LogP contribution in [0.3, 0.4) is 0 Å². The lowest BCUT2D eigenvalue weighted by atomic mass is 9.89. The van der Waals surface area contributed by atoms with E-state index in [1.165, 1.54) is 95.6 Å². The van der Waals surface area contributed by atoms with Gasteiger partial charge in [-0.05, 0) is 43.7 Å². The summed E-state index contributed by atoms with van der Waals surface area (Å²) in [6.07, 6.45) is 25.7. The van der Waals surface area contributed by atoms with E-state index < -0.39 is 11.9 Å². The summed E-state index contributed by atoms with van der Waals surface area (Å²) >= 11 is 0. The normalized spacial score (nSPS) is 14.8. The number of hydrogen-bond acceptors (Lipinski definition) is 3. The van der Waals surface area contributed by atoms with E-state index in [1.807, 2.05) is 0 Å². The third-order valence-electron chi connectivity index (χ3n) is 6.45. The third kappa shape index (κ3) is 14.2. The van der Waals surface area contributed by atoms with Crippen LogP contribution in [0, 0.1) is 5.92 Å². The van der Waals surface area contributed by atoms with E-state index in [0.29, 0.717) is 6.61 Å². The van der Waals surface area contributed by atoms with Gasteiger partial charge in [-0.2, -0.15) is 0 Å². The first-order valence-electron chi connectivity index (χ1n) is 13.7. The largest absolute Gasteiger partial charge is 0.478 e. The SMILES string of the molecule is CCCCCCCCC1CC=CCC1.CCCCCCCCOC(=O)c1ccccc1C(=O)O. The van der Waals surface area contributed by atoms with Crippen molar-refractivity contribution < 1.29 is 19.4 Å². The highest BCUT2D eigenvalue weighted by molar-refractivity contribution is 6.02. The molecule has 0 radical (unpaired) electrons. The maximum atomic E-state index is 11.8. The lowest BCUT2D eigenvalue weighted by molar-refractivity contribution is 0.0487. The summed E-state index contributed by atoms with van der Waals surface area (Å²) in [4.78, 5) is 22.8. The Morgan fingerprint density at radius 1 is 0.824 bits per heavy atom. The lowest BCUT2D eigenvalue weighted by Gasteiger charge is -2.17. The Morgan fingerprint density at radius 2 is 1.41 bits per heavy atom. The predicted octanol–water partition coefficient (Wildman–Crippen LogP) is 9.00. The van der Waals surface area contributed by atoms with Crippen molar-refractivity contribution in [2.75, 3.05) is 6.61 Å². The van der Waals surface area contributed by atoms with E-state index >= 15 is 0 Å². The number of allylic oxidation sites excluding steroid dienone is 2. The monoisotopic (exact) mass is 472 g/mol. The van der Waals surface area contributed by atoms with Gasteiger partial charge in [-0.1, -0.05) is 115 Å². The van der Waals surface area contributed by atoms with Crippen LogP contribution in [-0.2, 0) is 4.74 Å². The van der Waals surface area contributed by atoms with Gasteiger partial charge in [0.1, 0.15) is 0 Å². The predicted molar refractivity (Wildman–Crippen MR) is 142 cm³/mol. The molecule has 1 aliphatic carbocycles. The van der Waals surface area contributed by atoms with Gasteiger partial charge in [-0.25, -0.2) is 9.59 Å². The zero-order valence-electron chi connectivity index (χ0n) is 21.7. The summed E-state index contributed by atoms with van der Waals surface area (Å²) < 4.78 is 5.12. The van der Waals surface area contributed by atoms with Crippen molar-refractivity contribution >= 4 is 11.9 Å². The molecule has 0 fully saturated rings. The molecule has 0 aromatic heterocycles. The second-order valence-corrected chi connectivity index (χ2v) is 9.46. The minimum Gasteiger partial charge on any atom is -0.478 e. The average molecular weight is 473 g/mol. The Kier molecular flexibility index (Phi) is 17.9. The highest BCUT2D eigenvalue weighted by Crippen LogP contribution is 2.24. The first-order valence-corrected chi connectivity index (χ1v) is 13.7. The topological polar surface area (TPSA) is 63.6 Å². The third-order valence-corrected chi connectivity index (χ3v) is 6.45. The number of aromatic carboxylic acids is 1. The van der Waals surface area contributed by atoms with Crippen molar-refractivity contribution in [1.82, 2.24) is 0 Å². The molecule has 0 heterocycles. The molecule has 1 aromatic carbocycles. The summed E-state index contributed by atoms with van der Waals surface area (Å²) in [5, 5.41) is 9.00. The number of carboxylic acids is 1. The molecule has 1 unspecified atom stereocenters. The van der Waals surface area contributed by atoms with Crippen molar-refractivity contribution in [3.8, 4) is 0 Å². The van der Waals surface area contributed by atoms with Crippen LogP contribution in [0.15, 0.2) is 36.4 Å². The number of esters is 1. The number of benzene rings is 1. The van der Waals surface area contributed by atoms with Crippen LogP contribution in [0.1, 0.15) is 137 Å². The molecule has 1 N–H and O–H groups in total. The van der Waals surface area contributed by atoms with Gasteiger partial charge in [0.25, 0.3) is 0 Å². The molecule has 0 spiro atoms. The summed E-state index contributed by atoms with van der Waals surface area (Å²) in [5.74, 6) is -0.653. The molecule has 2 rings (SSSR count). The highest BCUT2D eigenvalue weighted by Gasteiger charge is 2.16. The van der Waals surface area contributed by atoms with E-state index in [0.717, 1.165) is 25.2 Å². The molecule has 4 heteroatoms. The van der Waals surface area contributed by atoms with Gasteiger partial charge >= 0.3 is 11.9 Å². The van der Waals surface area contributed by atoms with Crippen molar-refractivity contribution in [2.24, 2.45) is 5.92 Å². The lowest BCUT2D eigenvalue weighted by Crippen LogP contribution is -2.12. The minimum atomic E-state index is -1.11. The molecular formula is C30H48O4. The fourth-order valence-corrected chi connectivity index (χ4v) is 4.30. The maximum absolute atomic E-state index is 11.8. The Morgan fingerprint density at radius 3 is 2.00 bits per heavy atom. The molecule has 0 saturated carbocycles. The molecule has 0 aliphatic heterocycles. The molecule has 34 heavy (non-hydrogen) atoms. The van der Waals surface area contributed by atoms with E-state index in [9.17, 15) is 9.59 Å². The van der Waals surface area contributed by atoms with Gasteiger partial charge in [-0.3, -0.25) is 0 Å². The molecule has 0 amide bonds. The quantitative estimate of drug-likeness (QED) is 0.148. The zero-order valence-corrected chi connectivity index (χ0v) is 21.7. The standard InChI is InChI=1S/C16H22O4.C14H26/c1-2-3-4-5-6-9-12-20-16(19)14-11-8-7-10-13(14)15(17)18;1-2-3-4-5-6-8-11-14-12-9-7-10-13-14/h7-8,10-11H,2-6,9,12H2,1H3,(H,17,18);7,9,14H,2-6,8,10-13H2,1H3. The summed E-state index contributed by atoms with van der Waals surface area (Å²) in [6.45, 7) is 4.80. The number of unbranched alkanes of at least 4 members (excludes halogenated alkanes) is 10. The Labute approximate surface area is 208 Å². The first-order chi connectivity index (χ1) is 16.6. The molecule has 192 valence electrons. The zero-order chi connectivity index (χ0) is 24.9. The number of hydrogen-bond donors (Lipinski definition) is 1. The smallest absolute Gasteiger partial charge is 0.339 e. The minimum absolute atomic E-state index is 0.0135. The van der Waals surface area contributed by atoms with Gasteiger partial charge in [-0.15, -0.1) is 0 Å². The summed E-state index contributed by atoms with van der Waals surface area (Å²) in [5.41, 5.74) is 0.103. The fraction of sp³-hybridized carbons (Fsp3) is 0.667. The maximum Gasteiger partial charge on any atom is 0.339 e. The Balaban J connectivity index is 0.000000362. The van der Waals surface area contributed by atoms with Gasteiger partial charge in [0, 0.05) is 0 Å². The van der Waals surface area contributed by atoms with Crippen LogP contribution >= 0.6 is 0 Å². The van der Waals surface area contributed by atoms with E-state index in [2.05, 4.69) is 26.0 Å². The van der Waals surface area contributed by atoms with Gasteiger partial charge in [0.05, 0.1) is 17.7 Å². The average Bonchev–Trinajstić information content (AvgIpc) is 2.86. The number of rotatable bonds is 16. The van der Waals surface area contributed by atoms with Crippen molar-refractivity contribution in [3.05, 3.63) is 47.5 Å². The second kappa shape index (κ2) is 20.3. The van der Waals surface area contributed by atoms with E-state index in [4.69, 9.17) is 9.84 Å². The number of carbonyl (C=O) groups excluding carboxylic acids is 1. The van der Waals surface area contributed by atoms with Crippen LogP contribution in [0.2, 0.25) is 0 Å². The molecule has 4 nitrogen and oxygen atoms in total. The second-order valence-electron chi connectivity index (χ2n) is 9.46. The molecule has 0 saturated heterocycles. The number of carboxylic acid groups (broad SMARTS) is 1. The van der Waals surface area contributed by atoms with E-state index in [1.54, 1.807) is 12.1 Å². The van der Waals surface area contributed by atoms with Crippen LogP contribution in [0.25, 0.3) is 0 Å². The molecule has 1 aliphatic rings. The van der Waals surface area contributed by atoms with Crippen LogP contribution in [0.4, 0.5) is 0 Å². The van der Waals surface area contributed by atoms with Crippen molar-refractivity contribution in [1.29, 1.82) is 0 Å². The van der Waals surface area contributed by atoms with Crippen LogP contribution in [0.5, 0.6) is 0 Å². The van der Waals surface area contributed by atoms with Gasteiger partial charge < -0.3 is 9.84 Å². The van der Waals surface area contributed by atoms with Gasteiger partial charge in [0.15, 0.2) is 0 Å². The molecular weight excluding hydrogens is 424 g/mol. The number of carbonyl (C=O) groups is 2. The van der Waals surface area contributed by atoms with E-state index in [-0.39, 0.29) is 11.1 Å². The van der Waals surface area contributed by atoms with Crippen LogP contribution in [-0.4, -0.2) is 23.7 Å². The fourth-order valence-electron chi connectivity index (χ4n) is 4.30. The van der Waals surface area contributed by atoms with Crippen molar-refractivity contribution in [3.63, 3.8) is 0 Å². The number of ether oxygens (including phenoxy) is 1. The summed E-state index contributed by atoms with van der Waals surface area (Å²) in [7, 11) is 0. The van der Waals surface area contributed by atoms with Gasteiger partial charge in [0.2, 0.25) is 0 Å².